The molecular weight excluding hydrogens is 302 g/mol. The van der Waals surface area contributed by atoms with Crippen LogP contribution in [0.1, 0.15) is 28.4 Å². The molecule has 0 unspecified atom stereocenters. The second kappa shape index (κ2) is 8.03. The summed E-state index contributed by atoms with van der Waals surface area (Å²) in [6.45, 7) is 7.61. The fraction of sp³-hybridized carbons (Fsp3) is 0.176. The van der Waals surface area contributed by atoms with Gasteiger partial charge in [-0.05, 0) is 30.2 Å². The van der Waals surface area contributed by atoms with Gasteiger partial charge in [0, 0.05) is 5.56 Å². The predicted molar refractivity (Wildman–Crippen MR) is 85.3 cm³/mol. The number of carbonyl (C=O) groups excluding carboxylic acids is 1. The zero-order valence-electron chi connectivity index (χ0n) is 12.8. The van der Waals surface area contributed by atoms with Crippen molar-refractivity contribution >= 4 is 5.91 Å². The second-order valence-corrected chi connectivity index (χ2v) is 4.61. The number of benzene rings is 1. The highest BCUT2D eigenvalue weighted by Crippen LogP contribution is 2.11. The number of halogens is 2. The summed E-state index contributed by atoms with van der Waals surface area (Å²) in [4.78, 5) is 23.4. The number of hydrogen-bond donors (Lipinski definition) is 1. The van der Waals surface area contributed by atoms with Crippen molar-refractivity contribution < 1.29 is 13.6 Å². The van der Waals surface area contributed by atoms with E-state index in [1.165, 1.54) is 30.3 Å². The lowest BCUT2D eigenvalue weighted by molar-refractivity contribution is 0.0998. The van der Waals surface area contributed by atoms with Crippen LogP contribution in [-0.2, 0) is 13.0 Å². The Morgan fingerprint density at radius 3 is 2.26 bits per heavy atom. The van der Waals surface area contributed by atoms with Gasteiger partial charge in [-0.1, -0.05) is 19.1 Å². The number of hydrogen-bond acceptors (Lipinski definition) is 2. The fourth-order valence-corrected chi connectivity index (χ4v) is 2.04. The molecule has 0 aliphatic rings. The number of primary amides is 1. The molecule has 1 aromatic heterocycles. The quantitative estimate of drug-likeness (QED) is 0.695. The Morgan fingerprint density at radius 1 is 1.22 bits per heavy atom. The van der Waals surface area contributed by atoms with Gasteiger partial charge in [0.05, 0.1) is 6.54 Å². The maximum atomic E-state index is 14.3. The van der Waals surface area contributed by atoms with Gasteiger partial charge < -0.3 is 5.73 Å². The molecule has 0 atom stereocenters. The number of aryl methyl sites for hydroxylation is 1. The van der Waals surface area contributed by atoms with E-state index in [-0.39, 0.29) is 17.7 Å². The molecule has 6 heteroatoms. The minimum Gasteiger partial charge on any atom is -0.365 e. The van der Waals surface area contributed by atoms with Crippen molar-refractivity contribution in [3.05, 3.63) is 82.3 Å². The van der Waals surface area contributed by atoms with E-state index < -0.39 is 23.2 Å². The molecular formula is C17H18F2N2O2. The molecule has 2 rings (SSSR count). The van der Waals surface area contributed by atoms with Crippen molar-refractivity contribution in [3.8, 4) is 0 Å². The molecule has 0 radical (unpaired) electrons. The minimum absolute atomic E-state index is 0.0981. The van der Waals surface area contributed by atoms with Crippen molar-refractivity contribution in [2.24, 2.45) is 5.73 Å². The van der Waals surface area contributed by atoms with Crippen molar-refractivity contribution in [2.45, 2.75) is 19.9 Å². The average Bonchev–Trinajstić information content (AvgIpc) is 2.55. The van der Waals surface area contributed by atoms with Crippen LogP contribution in [0.3, 0.4) is 0 Å². The van der Waals surface area contributed by atoms with E-state index in [2.05, 4.69) is 13.2 Å². The summed E-state index contributed by atoms with van der Waals surface area (Å²) in [5.41, 5.74) is 4.87. The van der Waals surface area contributed by atoms with Crippen LogP contribution < -0.4 is 11.3 Å². The Balaban J connectivity index is 0.00000127. The van der Waals surface area contributed by atoms with Gasteiger partial charge >= 0.3 is 0 Å². The molecule has 0 saturated carbocycles. The van der Waals surface area contributed by atoms with E-state index >= 15 is 0 Å². The van der Waals surface area contributed by atoms with Gasteiger partial charge in [-0.2, -0.15) is 4.39 Å². The zero-order chi connectivity index (χ0) is 17.6. The summed E-state index contributed by atoms with van der Waals surface area (Å²) < 4.78 is 28.0. The lowest BCUT2D eigenvalue weighted by atomic mass is 10.1. The first-order valence-corrected chi connectivity index (χ1v) is 6.90. The molecule has 122 valence electrons. The summed E-state index contributed by atoms with van der Waals surface area (Å²) in [6.07, 6.45) is 0.315. The van der Waals surface area contributed by atoms with Crippen molar-refractivity contribution in [2.75, 3.05) is 0 Å². The van der Waals surface area contributed by atoms with E-state index in [1.54, 1.807) is 6.92 Å². The molecule has 1 amide bonds. The molecule has 0 spiro atoms. The van der Waals surface area contributed by atoms with Gasteiger partial charge in [0.15, 0.2) is 5.95 Å². The second-order valence-electron chi connectivity index (χ2n) is 4.61. The number of pyridine rings is 1. The molecule has 4 nitrogen and oxygen atoms in total. The Kier molecular flexibility index (Phi) is 6.38. The Labute approximate surface area is 132 Å². The molecule has 23 heavy (non-hydrogen) atoms. The van der Waals surface area contributed by atoms with E-state index in [9.17, 15) is 18.4 Å². The van der Waals surface area contributed by atoms with Crippen LogP contribution >= 0.6 is 0 Å². The summed E-state index contributed by atoms with van der Waals surface area (Å²) in [7, 11) is 0. The Morgan fingerprint density at radius 2 is 1.78 bits per heavy atom. The number of nitrogens with two attached hydrogens (primary N) is 1. The number of carbonyl (C=O) groups is 1. The molecule has 0 saturated heterocycles. The van der Waals surface area contributed by atoms with E-state index in [0.29, 0.717) is 12.0 Å². The van der Waals surface area contributed by atoms with Crippen LogP contribution in [0.5, 0.6) is 0 Å². The lowest BCUT2D eigenvalue weighted by Gasteiger charge is -2.12. The molecule has 0 aliphatic carbocycles. The van der Waals surface area contributed by atoms with Crippen LogP contribution in [0, 0.1) is 11.8 Å². The first-order valence-electron chi connectivity index (χ1n) is 6.90. The predicted octanol–water partition coefficient (Wildman–Crippen LogP) is 2.64. The third-order valence-electron chi connectivity index (χ3n) is 3.20. The normalized spacial score (nSPS) is 9.87. The summed E-state index contributed by atoms with van der Waals surface area (Å²) in [5.74, 6) is -2.04. The van der Waals surface area contributed by atoms with E-state index in [0.717, 1.165) is 4.57 Å². The number of amides is 1. The molecule has 1 heterocycles. The lowest BCUT2D eigenvalue weighted by Crippen LogP contribution is -2.32. The fourth-order valence-electron chi connectivity index (χ4n) is 2.04. The molecule has 1 aromatic carbocycles. The van der Waals surface area contributed by atoms with Crippen molar-refractivity contribution in [3.63, 3.8) is 0 Å². The maximum absolute atomic E-state index is 14.3. The smallest absolute Gasteiger partial charge is 0.265 e. The zero-order valence-corrected chi connectivity index (χ0v) is 12.8. The van der Waals surface area contributed by atoms with Gasteiger partial charge in [-0.15, -0.1) is 13.2 Å². The van der Waals surface area contributed by atoms with Gasteiger partial charge in [0.25, 0.3) is 11.5 Å². The standard InChI is InChI=1S/C15H14F2N2O2.C2H4/c1-2-10-7-12(14(18)20)15(21)19(13(10)17)8-9-3-5-11(16)6-4-9;1-2/h3-7H,2,8H2,1H3,(H2,18,20);1-2H2. The third kappa shape index (κ3) is 4.12. The van der Waals surface area contributed by atoms with Gasteiger partial charge in [0.2, 0.25) is 0 Å². The van der Waals surface area contributed by atoms with Crippen molar-refractivity contribution in [1.29, 1.82) is 0 Å². The summed E-state index contributed by atoms with van der Waals surface area (Å²) >= 11 is 0. The van der Waals surface area contributed by atoms with Crippen LogP contribution in [0.15, 0.2) is 48.3 Å². The number of rotatable bonds is 4. The highest BCUT2D eigenvalue weighted by molar-refractivity contribution is 5.92. The monoisotopic (exact) mass is 320 g/mol. The van der Waals surface area contributed by atoms with Crippen LogP contribution in [0.25, 0.3) is 0 Å². The van der Waals surface area contributed by atoms with Crippen LogP contribution in [0.4, 0.5) is 8.78 Å². The average molecular weight is 320 g/mol. The summed E-state index contributed by atoms with van der Waals surface area (Å²) in [6, 6.07) is 6.52. The highest BCUT2D eigenvalue weighted by Gasteiger charge is 2.17. The SMILES string of the molecule is C=C.CCc1cc(C(N)=O)c(=O)n(Cc2ccc(F)cc2)c1F. The summed E-state index contributed by atoms with van der Waals surface area (Å²) in [5, 5.41) is 0. The molecule has 2 N–H and O–H groups in total. The Bertz CT molecular complexity index is 752. The van der Waals surface area contributed by atoms with Gasteiger partial charge in [-0.3, -0.25) is 14.2 Å². The molecule has 2 aromatic rings. The van der Waals surface area contributed by atoms with Crippen LogP contribution in [0.2, 0.25) is 0 Å². The Hall–Kier alpha value is -2.76. The van der Waals surface area contributed by atoms with Gasteiger partial charge in [0.1, 0.15) is 11.4 Å². The maximum Gasteiger partial charge on any atom is 0.265 e. The first kappa shape index (κ1) is 18.3. The third-order valence-corrected chi connectivity index (χ3v) is 3.20. The van der Waals surface area contributed by atoms with E-state index in [1.807, 2.05) is 0 Å². The first-order chi connectivity index (χ1) is 10.9. The minimum atomic E-state index is -0.900. The van der Waals surface area contributed by atoms with Crippen LogP contribution in [-0.4, -0.2) is 10.5 Å². The number of nitrogens with zero attached hydrogens (tertiary/aromatic N) is 1. The molecule has 0 fully saturated rings. The molecule has 0 bridgehead atoms. The van der Waals surface area contributed by atoms with Gasteiger partial charge in [-0.25, -0.2) is 4.39 Å². The van der Waals surface area contributed by atoms with E-state index in [4.69, 9.17) is 5.73 Å². The topological polar surface area (TPSA) is 65.1 Å². The number of aromatic nitrogens is 1. The highest BCUT2D eigenvalue weighted by atomic mass is 19.1. The molecule has 0 aliphatic heterocycles. The van der Waals surface area contributed by atoms with Crippen molar-refractivity contribution in [1.82, 2.24) is 4.57 Å². The largest absolute Gasteiger partial charge is 0.365 e.